The number of hydrogen-bond acceptors (Lipinski definition) is 6. The van der Waals surface area contributed by atoms with E-state index >= 15 is 0 Å². The van der Waals surface area contributed by atoms with Crippen LogP contribution in [0, 0.1) is 11.3 Å². The Balaban J connectivity index is 1.95. The minimum atomic E-state index is -0.997. The van der Waals surface area contributed by atoms with E-state index in [2.05, 4.69) is 0 Å². The molecule has 37 heavy (non-hydrogen) atoms. The lowest BCUT2D eigenvalue weighted by Crippen LogP contribution is -2.29. The van der Waals surface area contributed by atoms with Crippen LogP contribution in [0.5, 0.6) is 11.5 Å². The Morgan fingerprint density at radius 2 is 1.70 bits per heavy atom. The Morgan fingerprint density at radius 1 is 1.05 bits per heavy atom. The quantitative estimate of drug-likeness (QED) is 0.226. The second-order valence-electron chi connectivity index (χ2n) is 8.53. The number of ether oxygens (including phenoxy) is 2. The number of benzene rings is 3. The van der Waals surface area contributed by atoms with Crippen molar-refractivity contribution in [2.45, 2.75) is 26.0 Å². The first-order chi connectivity index (χ1) is 17.7. The zero-order valence-electron chi connectivity index (χ0n) is 20.2. The molecular weight excluding hydrogens is 515 g/mol. The van der Waals surface area contributed by atoms with Crippen LogP contribution < -0.4 is 14.4 Å². The largest absolute Gasteiger partial charge is 0.507 e. The zero-order valence-corrected chi connectivity index (χ0v) is 21.7. The highest BCUT2D eigenvalue weighted by molar-refractivity contribution is 6.52. The van der Waals surface area contributed by atoms with E-state index in [-0.39, 0.29) is 33.0 Å². The Morgan fingerprint density at radius 3 is 2.27 bits per heavy atom. The molecule has 1 aliphatic heterocycles. The lowest BCUT2D eigenvalue weighted by atomic mass is 9.94. The van der Waals surface area contributed by atoms with Gasteiger partial charge in [0.15, 0.2) is 0 Å². The summed E-state index contributed by atoms with van der Waals surface area (Å²) in [5.41, 5.74) is 1.23. The average molecular weight is 537 g/mol. The molecule has 3 aromatic carbocycles. The molecule has 0 radical (unpaired) electrons. The Kier molecular flexibility index (Phi) is 7.44. The van der Waals surface area contributed by atoms with Gasteiger partial charge in [-0.2, -0.15) is 5.26 Å². The number of aliphatic hydroxyl groups is 1. The molecule has 1 fully saturated rings. The van der Waals surface area contributed by atoms with Crippen molar-refractivity contribution in [3.05, 3.63) is 93.0 Å². The van der Waals surface area contributed by atoms with Crippen LogP contribution >= 0.6 is 23.2 Å². The highest BCUT2D eigenvalue weighted by Gasteiger charge is 2.47. The predicted octanol–water partition coefficient (Wildman–Crippen LogP) is 6.29. The molecule has 1 atom stereocenters. The van der Waals surface area contributed by atoms with E-state index in [0.29, 0.717) is 22.6 Å². The molecule has 0 saturated carbocycles. The normalized spacial score (nSPS) is 16.7. The van der Waals surface area contributed by atoms with Gasteiger partial charge >= 0.3 is 0 Å². The highest BCUT2D eigenvalue weighted by atomic mass is 35.5. The first-order valence-electron chi connectivity index (χ1n) is 11.3. The molecule has 1 amide bonds. The number of amides is 1. The van der Waals surface area contributed by atoms with Gasteiger partial charge in [-0.3, -0.25) is 14.5 Å². The standard InChI is InChI=1S/C28H22Cl2N2O5/c1-15(2)37-20-10-6-17(7-11-20)24-23(25(33)21-12-18(29)13-22(30)27(21)36-3)26(34)28(35)32(24)19-8-4-16(14-31)5-9-19/h4-13,15,24,33H,1-3H3/b25-23+. The van der Waals surface area contributed by atoms with Gasteiger partial charge < -0.3 is 14.6 Å². The first-order valence-corrected chi connectivity index (χ1v) is 12.0. The van der Waals surface area contributed by atoms with Crippen molar-refractivity contribution in [2.24, 2.45) is 0 Å². The smallest absolute Gasteiger partial charge is 0.300 e. The fraction of sp³-hybridized carbons (Fsp3) is 0.179. The van der Waals surface area contributed by atoms with Crippen LogP contribution in [0.4, 0.5) is 5.69 Å². The summed E-state index contributed by atoms with van der Waals surface area (Å²) >= 11 is 12.5. The molecule has 7 nitrogen and oxygen atoms in total. The Bertz CT molecular complexity index is 1440. The lowest BCUT2D eigenvalue weighted by Gasteiger charge is -2.26. The van der Waals surface area contributed by atoms with E-state index in [9.17, 15) is 20.0 Å². The summed E-state index contributed by atoms with van der Waals surface area (Å²) in [6, 6.07) is 17.0. The summed E-state index contributed by atoms with van der Waals surface area (Å²) in [4.78, 5) is 28.0. The molecule has 1 saturated heterocycles. The first kappa shape index (κ1) is 26.1. The predicted molar refractivity (Wildman–Crippen MR) is 141 cm³/mol. The molecule has 0 aromatic heterocycles. The van der Waals surface area contributed by atoms with Crippen LogP contribution in [0.2, 0.25) is 10.0 Å². The number of rotatable bonds is 6. The zero-order chi connectivity index (χ0) is 26.9. The number of carbonyl (C=O) groups is 2. The number of ketones is 1. The Labute approximate surface area is 224 Å². The molecule has 1 aliphatic rings. The van der Waals surface area contributed by atoms with Gasteiger partial charge in [-0.05, 0) is 67.9 Å². The van der Waals surface area contributed by atoms with Gasteiger partial charge in [-0.15, -0.1) is 0 Å². The minimum absolute atomic E-state index is 0.0461. The van der Waals surface area contributed by atoms with Crippen molar-refractivity contribution < 1.29 is 24.2 Å². The number of halogens is 2. The van der Waals surface area contributed by atoms with Crippen molar-refractivity contribution in [3.63, 3.8) is 0 Å². The van der Waals surface area contributed by atoms with Crippen LogP contribution in [-0.4, -0.2) is 30.0 Å². The minimum Gasteiger partial charge on any atom is -0.507 e. The van der Waals surface area contributed by atoms with Crippen molar-refractivity contribution in [2.75, 3.05) is 12.0 Å². The topological polar surface area (TPSA) is 99.9 Å². The molecule has 4 rings (SSSR count). The maximum absolute atomic E-state index is 13.4. The van der Waals surface area contributed by atoms with Gasteiger partial charge in [0.2, 0.25) is 0 Å². The van der Waals surface area contributed by atoms with Crippen LogP contribution in [0.25, 0.3) is 5.76 Å². The van der Waals surface area contributed by atoms with Crippen LogP contribution in [0.15, 0.2) is 66.2 Å². The van der Waals surface area contributed by atoms with E-state index in [1.54, 1.807) is 48.5 Å². The number of aliphatic hydroxyl groups excluding tert-OH is 1. The molecule has 0 bridgehead atoms. The van der Waals surface area contributed by atoms with Gasteiger partial charge in [-0.1, -0.05) is 35.3 Å². The molecule has 1 N–H and O–H groups in total. The van der Waals surface area contributed by atoms with Crippen LogP contribution in [-0.2, 0) is 9.59 Å². The molecular formula is C28H22Cl2N2O5. The molecule has 188 valence electrons. The van der Waals surface area contributed by atoms with E-state index in [0.717, 1.165) is 0 Å². The number of nitriles is 1. The summed E-state index contributed by atoms with van der Waals surface area (Å²) in [5.74, 6) is -1.51. The van der Waals surface area contributed by atoms with Crippen molar-refractivity contribution >= 4 is 46.3 Å². The molecule has 3 aromatic rings. The third-order valence-corrected chi connectivity index (χ3v) is 6.25. The van der Waals surface area contributed by atoms with Crippen molar-refractivity contribution in [1.82, 2.24) is 0 Å². The van der Waals surface area contributed by atoms with Crippen LogP contribution in [0.3, 0.4) is 0 Å². The molecule has 1 heterocycles. The van der Waals surface area contributed by atoms with E-state index < -0.39 is 23.5 Å². The third-order valence-electron chi connectivity index (χ3n) is 5.75. The van der Waals surface area contributed by atoms with Gasteiger partial charge in [0, 0.05) is 10.7 Å². The fourth-order valence-corrected chi connectivity index (χ4v) is 4.77. The van der Waals surface area contributed by atoms with Gasteiger partial charge in [-0.25, -0.2) is 0 Å². The SMILES string of the molecule is COc1c(Cl)cc(Cl)cc1/C(O)=C1\C(=O)C(=O)N(c2ccc(C#N)cc2)C1c1ccc(OC(C)C)cc1. The maximum Gasteiger partial charge on any atom is 0.300 e. The number of anilines is 1. The van der Waals surface area contributed by atoms with E-state index in [1.165, 1.54) is 24.1 Å². The summed E-state index contributed by atoms with van der Waals surface area (Å²) in [6.45, 7) is 3.80. The number of Topliss-reactive ketones (excluding diaryl/α,β-unsaturated/α-hetero) is 1. The number of nitrogens with zero attached hydrogens (tertiary/aromatic N) is 2. The second kappa shape index (κ2) is 10.6. The molecule has 1 unspecified atom stereocenters. The fourth-order valence-electron chi connectivity index (χ4n) is 4.20. The summed E-state index contributed by atoms with van der Waals surface area (Å²) in [5, 5.41) is 20.9. The maximum atomic E-state index is 13.4. The summed E-state index contributed by atoms with van der Waals surface area (Å²) < 4.78 is 11.1. The number of carbonyl (C=O) groups excluding carboxylic acids is 2. The third kappa shape index (κ3) is 4.99. The summed E-state index contributed by atoms with van der Waals surface area (Å²) in [7, 11) is 1.37. The molecule has 0 spiro atoms. The van der Waals surface area contributed by atoms with Gasteiger partial charge in [0.25, 0.3) is 11.7 Å². The van der Waals surface area contributed by atoms with Crippen LogP contribution in [0.1, 0.15) is 36.6 Å². The second-order valence-corrected chi connectivity index (χ2v) is 9.38. The molecule has 9 heteroatoms. The summed E-state index contributed by atoms with van der Waals surface area (Å²) in [6.07, 6.45) is -0.0461. The number of methoxy groups -OCH3 is 1. The number of hydrogen-bond donors (Lipinski definition) is 1. The van der Waals surface area contributed by atoms with Crippen molar-refractivity contribution in [1.29, 1.82) is 5.26 Å². The Hall–Kier alpha value is -3.99. The lowest BCUT2D eigenvalue weighted by molar-refractivity contribution is -0.132. The van der Waals surface area contributed by atoms with E-state index in [4.69, 9.17) is 32.7 Å². The average Bonchev–Trinajstić information content (AvgIpc) is 3.13. The molecule has 0 aliphatic carbocycles. The monoisotopic (exact) mass is 536 g/mol. The van der Waals surface area contributed by atoms with E-state index in [1.807, 2.05) is 19.9 Å². The van der Waals surface area contributed by atoms with Gasteiger partial charge in [0.1, 0.15) is 17.3 Å². The highest BCUT2D eigenvalue weighted by Crippen LogP contribution is 2.45. The van der Waals surface area contributed by atoms with Gasteiger partial charge in [0.05, 0.1) is 47.0 Å². The van der Waals surface area contributed by atoms with Crippen molar-refractivity contribution in [3.8, 4) is 17.6 Å².